The standard InChI is InChI=1S/C17H30NO3P/c1-15(2)18-13-9-16(3)21-22(18,20)14-8-12-17(19)10-6-4-5-7-11-17/h6,8,10,14-16,19H,4-5,7,9,11-13H2,1-3H3/b14-8+/t16-,17?,22?/m0/s1. The first kappa shape index (κ1) is 17.9. The molecule has 22 heavy (non-hydrogen) atoms. The van der Waals surface area contributed by atoms with Crippen molar-refractivity contribution >= 4 is 7.52 Å². The second kappa shape index (κ2) is 7.44. The molecule has 126 valence electrons. The molecule has 0 aromatic heterocycles. The van der Waals surface area contributed by atoms with E-state index in [4.69, 9.17) is 4.52 Å². The van der Waals surface area contributed by atoms with E-state index in [-0.39, 0.29) is 12.1 Å². The van der Waals surface area contributed by atoms with Gasteiger partial charge < -0.3 is 9.63 Å². The van der Waals surface area contributed by atoms with Crippen molar-refractivity contribution in [2.45, 2.75) is 77.0 Å². The molecular weight excluding hydrogens is 297 g/mol. The third kappa shape index (κ3) is 4.55. The zero-order valence-corrected chi connectivity index (χ0v) is 15.0. The van der Waals surface area contributed by atoms with Gasteiger partial charge in [0.15, 0.2) is 0 Å². The average molecular weight is 327 g/mol. The van der Waals surface area contributed by atoms with E-state index in [9.17, 15) is 9.67 Å². The van der Waals surface area contributed by atoms with E-state index in [1.165, 1.54) is 0 Å². The molecule has 2 unspecified atom stereocenters. The fraction of sp³-hybridized carbons (Fsp3) is 0.765. The highest BCUT2D eigenvalue weighted by molar-refractivity contribution is 7.59. The van der Waals surface area contributed by atoms with Gasteiger partial charge in [-0.15, -0.1) is 0 Å². The van der Waals surface area contributed by atoms with Crippen LogP contribution in [0.4, 0.5) is 0 Å². The minimum atomic E-state index is -2.93. The van der Waals surface area contributed by atoms with Crippen LogP contribution in [0.5, 0.6) is 0 Å². The molecule has 2 rings (SSSR count). The molecule has 0 aromatic rings. The van der Waals surface area contributed by atoms with Gasteiger partial charge in [-0.25, -0.2) is 4.67 Å². The normalized spacial score (nSPS) is 37.8. The van der Waals surface area contributed by atoms with E-state index in [1.54, 1.807) is 5.82 Å². The summed E-state index contributed by atoms with van der Waals surface area (Å²) in [4.78, 5) is 0. The molecule has 1 aliphatic carbocycles. The quantitative estimate of drug-likeness (QED) is 0.611. The molecule has 1 aliphatic heterocycles. The maximum absolute atomic E-state index is 13.1. The van der Waals surface area contributed by atoms with Crippen molar-refractivity contribution in [3.05, 3.63) is 24.0 Å². The van der Waals surface area contributed by atoms with Crippen LogP contribution in [0.1, 0.15) is 59.3 Å². The predicted octanol–water partition coefficient (Wildman–Crippen LogP) is 4.46. The highest BCUT2D eigenvalue weighted by Crippen LogP contribution is 2.57. The van der Waals surface area contributed by atoms with Gasteiger partial charge in [0, 0.05) is 18.4 Å². The molecule has 1 saturated heterocycles. The SMILES string of the molecule is CC(C)N1CC[C@H](C)OP1(=O)/C=C/CC1(O)C=CCCCC1. The number of hydrogen-bond donors (Lipinski definition) is 1. The van der Waals surface area contributed by atoms with Crippen LogP contribution in [0.15, 0.2) is 24.0 Å². The van der Waals surface area contributed by atoms with Crippen LogP contribution < -0.4 is 0 Å². The molecule has 0 aromatic carbocycles. The monoisotopic (exact) mass is 327 g/mol. The molecular formula is C17H30NO3P. The molecule has 0 saturated carbocycles. The minimum absolute atomic E-state index is 0.0198. The number of allylic oxidation sites excluding steroid dienone is 1. The van der Waals surface area contributed by atoms with Crippen molar-refractivity contribution < 1.29 is 14.2 Å². The first-order valence-corrected chi connectivity index (χ1v) is 10.1. The Morgan fingerprint density at radius 3 is 3.00 bits per heavy atom. The predicted molar refractivity (Wildman–Crippen MR) is 90.9 cm³/mol. The second-order valence-corrected chi connectivity index (χ2v) is 9.02. The van der Waals surface area contributed by atoms with E-state index < -0.39 is 13.1 Å². The first-order chi connectivity index (χ1) is 10.3. The van der Waals surface area contributed by atoms with Gasteiger partial charge in [-0.05, 0) is 59.3 Å². The van der Waals surface area contributed by atoms with Crippen molar-refractivity contribution in [1.29, 1.82) is 0 Å². The van der Waals surface area contributed by atoms with Crippen LogP contribution in [0.3, 0.4) is 0 Å². The summed E-state index contributed by atoms with van der Waals surface area (Å²) in [7, 11) is -2.93. The van der Waals surface area contributed by atoms with Crippen LogP contribution >= 0.6 is 7.52 Å². The molecule has 4 nitrogen and oxygen atoms in total. The summed E-state index contributed by atoms with van der Waals surface area (Å²) in [6.07, 6.45) is 11.2. The summed E-state index contributed by atoms with van der Waals surface area (Å²) in [6, 6.07) is 0.184. The Labute approximate surface area is 134 Å². The Bertz CT molecular complexity index is 475. The van der Waals surface area contributed by atoms with Crippen LogP contribution in [-0.2, 0) is 9.09 Å². The van der Waals surface area contributed by atoms with Crippen molar-refractivity contribution in [3.63, 3.8) is 0 Å². The first-order valence-electron chi connectivity index (χ1n) is 8.48. The van der Waals surface area contributed by atoms with Gasteiger partial charge in [-0.1, -0.05) is 18.2 Å². The molecule has 5 heteroatoms. The smallest absolute Gasteiger partial charge is 0.295 e. The van der Waals surface area contributed by atoms with Gasteiger partial charge in [0.05, 0.1) is 11.7 Å². The fourth-order valence-corrected chi connectivity index (χ4v) is 5.56. The largest absolute Gasteiger partial charge is 0.385 e. The van der Waals surface area contributed by atoms with Crippen LogP contribution in [0.2, 0.25) is 0 Å². The Balaban J connectivity index is 2.07. The lowest BCUT2D eigenvalue weighted by Gasteiger charge is -2.38. The Kier molecular flexibility index (Phi) is 6.07. The third-order valence-corrected chi connectivity index (χ3v) is 7.10. The summed E-state index contributed by atoms with van der Waals surface area (Å²) in [5.74, 6) is 1.71. The Hall–Kier alpha value is -0.410. The molecule has 1 N–H and O–H groups in total. The van der Waals surface area contributed by atoms with Gasteiger partial charge in [0.1, 0.15) is 0 Å². The Morgan fingerprint density at radius 1 is 1.50 bits per heavy atom. The third-order valence-electron chi connectivity index (χ3n) is 4.47. The molecule has 0 radical (unpaired) electrons. The lowest BCUT2D eigenvalue weighted by molar-refractivity contribution is 0.0838. The molecule has 3 atom stereocenters. The summed E-state index contributed by atoms with van der Waals surface area (Å²) in [5, 5.41) is 10.6. The van der Waals surface area contributed by atoms with Crippen molar-refractivity contribution in [1.82, 2.24) is 4.67 Å². The highest BCUT2D eigenvalue weighted by atomic mass is 31.2. The maximum atomic E-state index is 13.1. The minimum Gasteiger partial charge on any atom is -0.385 e. The van der Waals surface area contributed by atoms with Crippen molar-refractivity contribution in [3.8, 4) is 0 Å². The summed E-state index contributed by atoms with van der Waals surface area (Å²) >= 11 is 0. The highest BCUT2D eigenvalue weighted by Gasteiger charge is 2.37. The number of rotatable bonds is 4. The van der Waals surface area contributed by atoms with Gasteiger partial charge in [0.25, 0.3) is 7.52 Å². The number of hydrogen-bond acceptors (Lipinski definition) is 3. The van der Waals surface area contributed by atoms with E-state index in [1.807, 2.05) is 37.6 Å². The average Bonchev–Trinajstić information content (AvgIpc) is 2.63. The molecule has 0 spiro atoms. The lowest BCUT2D eigenvalue weighted by Crippen LogP contribution is -2.36. The summed E-state index contributed by atoms with van der Waals surface area (Å²) in [5.41, 5.74) is -0.795. The van der Waals surface area contributed by atoms with Crippen LogP contribution in [0, 0.1) is 0 Å². The molecule has 1 fully saturated rings. The zero-order chi connectivity index (χ0) is 16.2. The Morgan fingerprint density at radius 2 is 2.27 bits per heavy atom. The number of nitrogens with zero attached hydrogens (tertiary/aromatic N) is 1. The molecule has 1 heterocycles. The molecule has 0 bridgehead atoms. The summed E-state index contributed by atoms with van der Waals surface area (Å²) in [6.45, 7) is 6.85. The van der Waals surface area contributed by atoms with Crippen molar-refractivity contribution in [2.75, 3.05) is 6.54 Å². The van der Waals surface area contributed by atoms with E-state index in [0.29, 0.717) is 6.42 Å². The second-order valence-electron chi connectivity index (χ2n) is 6.87. The van der Waals surface area contributed by atoms with Crippen LogP contribution in [0.25, 0.3) is 0 Å². The topological polar surface area (TPSA) is 49.8 Å². The van der Waals surface area contributed by atoms with Gasteiger partial charge in [-0.2, -0.15) is 0 Å². The fourth-order valence-electron chi connectivity index (χ4n) is 3.16. The van der Waals surface area contributed by atoms with E-state index >= 15 is 0 Å². The zero-order valence-electron chi connectivity index (χ0n) is 14.1. The lowest BCUT2D eigenvalue weighted by atomic mass is 9.94. The van der Waals surface area contributed by atoms with Gasteiger partial charge >= 0.3 is 0 Å². The maximum Gasteiger partial charge on any atom is 0.295 e. The number of aliphatic hydroxyl groups is 1. The van der Waals surface area contributed by atoms with E-state index in [2.05, 4.69) is 6.08 Å². The van der Waals surface area contributed by atoms with E-state index in [0.717, 1.165) is 38.6 Å². The van der Waals surface area contributed by atoms with Gasteiger partial charge in [-0.3, -0.25) is 4.57 Å². The van der Waals surface area contributed by atoms with Crippen molar-refractivity contribution in [2.24, 2.45) is 0 Å². The van der Waals surface area contributed by atoms with Crippen LogP contribution in [-0.4, -0.2) is 34.1 Å². The molecule has 2 aliphatic rings. The van der Waals surface area contributed by atoms with Gasteiger partial charge in [0.2, 0.25) is 0 Å². The molecule has 0 amide bonds. The summed E-state index contributed by atoms with van der Waals surface area (Å²) < 4.78 is 20.9.